The molecule has 0 radical (unpaired) electrons. The predicted octanol–water partition coefficient (Wildman–Crippen LogP) is 18.3. The number of benzene rings is 11. The van der Waals surface area contributed by atoms with Crippen LogP contribution in [0.4, 0.5) is 17.1 Å². The summed E-state index contributed by atoms with van der Waals surface area (Å²) in [6.07, 6.45) is 0. The second-order valence-electron chi connectivity index (χ2n) is 17.9. The van der Waals surface area contributed by atoms with Gasteiger partial charge in [-0.1, -0.05) is 170 Å². The summed E-state index contributed by atoms with van der Waals surface area (Å²) < 4.78 is 12.5. The summed E-state index contributed by atoms with van der Waals surface area (Å²) in [4.78, 5) is 2.49. The highest BCUT2D eigenvalue weighted by Crippen LogP contribution is 2.64. The van der Waals surface area contributed by atoms with E-state index in [1.165, 1.54) is 73.7 Å². The lowest BCUT2D eigenvalue weighted by atomic mass is 9.65. The van der Waals surface area contributed by atoms with E-state index in [2.05, 4.69) is 229 Å². The molecular weight excluding hydrogens is 851 g/mol. The van der Waals surface area contributed by atoms with Gasteiger partial charge in [-0.3, -0.25) is 0 Å². The number of fused-ring (bicyclic) bond motifs is 19. The molecular formula is C63H37NOS2. The van der Waals surface area contributed by atoms with Gasteiger partial charge in [0.1, 0.15) is 11.5 Å². The number of nitrogens with zero attached hydrogens (tertiary/aromatic N) is 1. The fourth-order valence-electron chi connectivity index (χ4n) is 11.6. The average molecular weight is 888 g/mol. The SMILES string of the molecule is c1ccc(N(c2ccc3c(c2)sc2ccccc23)c2ccc3sc4ccccc4c3c2)c(-c2ccc3c(c2)C2(c4ccccc4-3)c3ccc4ccccc4c3Oc3c2ccc2ccccc32)c1. The summed E-state index contributed by atoms with van der Waals surface area (Å²) in [7, 11) is 0. The molecule has 1 aliphatic heterocycles. The van der Waals surface area contributed by atoms with Crippen LogP contribution in [0.1, 0.15) is 22.3 Å². The smallest absolute Gasteiger partial charge is 0.140 e. The number of anilines is 3. The lowest BCUT2D eigenvalue weighted by molar-refractivity contribution is 0.447. The Morgan fingerprint density at radius 2 is 0.866 bits per heavy atom. The van der Waals surface area contributed by atoms with Crippen LogP contribution in [0.3, 0.4) is 0 Å². The summed E-state index contributed by atoms with van der Waals surface area (Å²) in [6.45, 7) is 0. The molecule has 0 fully saturated rings. The first-order valence-electron chi connectivity index (χ1n) is 22.9. The molecule has 2 nitrogen and oxygen atoms in total. The molecule has 0 atom stereocenters. The monoisotopic (exact) mass is 887 g/mol. The van der Waals surface area contributed by atoms with Crippen molar-refractivity contribution in [3.8, 4) is 33.8 Å². The van der Waals surface area contributed by atoms with Crippen molar-refractivity contribution in [3.63, 3.8) is 0 Å². The second-order valence-corrected chi connectivity index (χ2v) is 20.1. The number of hydrogen-bond donors (Lipinski definition) is 0. The summed E-state index contributed by atoms with van der Waals surface area (Å²) in [5.74, 6) is 1.85. The Labute approximate surface area is 394 Å². The van der Waals surface area contributed by atoms with Crippen LogP contribution in [0.2, 0.25) is 0 Å². The van der Waals surface area contributed by atoms with E-state index in [4.69, 9.17) is 4.74 Å². The van der Waals surface area contributed by atoms with Crippen LogP contribution in [0.25, 0.3) is 84.1 Å². The topological polar surface area (TPSA) is 12.5 Å². The van der Waals surface area contributed by atoms with Gasteiger partial charge in [0.2, 0.25) is 0 Å². The van der Waals surface area contributed by atoms with E-state index >= 15 is 0 Å². The van der Waals surface area contributed by atoms with E-state index in [0.29, 0.717) is 0 Å². The zero-order valence-corrected chi connectivity index (χ0v) is 37.7. The molecule has 13 aromatic rings. The summed E-state index contributed by atoms with van der Waals surface area (Å²) in [6, 6.07) is 83.4. The standard InChI is InChI=1S/C63H37NOS2/c1-3-16-44-38(13-1)26-32-53-61(44)65-62-45-17-4-2-14-39(45)27-33-54(62)63(53)52-21-9-5-18-46(52)47-30-25-40(35-55(47)63)43-15-6-10-22-56(43)64(41-29-34-59-51(36-41)49-20-8-12-24-58(49)66-59)42-28-31-50-48-19-7-11-23-57(48)67-60(50)37-42/h1-37H. The fraction of sp³-hybridized carbons (Fsp3) is 0.0159. The van der Waals surface area contributed by atoms with Gasteiger partial charge in [-0.2, -0.15) is 0 Å². The normalized spacial score (nSPS) is 13.3. The molecule has 15 rings (SSSR count). The van der Waals surface area contributed by atoms with Crippen molar-refractivity contribution in [1.29, 1.82) is 0 Å². The largest absolute Gasteiger partial charge is 0.455 e. The molecule has 4 heteroatoms. The number of ether oxygens (including phenoxy) is 1. The molecule has 0 bridgehead atoms. The third kappa shape index (κ3) is 5.20. The lowest BCUT2D eigenvalue weighted by Crippen LogP contribution is -2.32. The minimum Gasteiger partial charge on any atom is -0.455 e. The van der Waals surface area contributed by atoms with Gasteiger partial charge < -0.3 is 9.64 Å². The number of para-hydroxylation sites is 1. The third-order valence-electron chi connectivity index (χ3n) is 14.5. The molecule has 2 aromatic heterocycles. The van der Waals surface area contributed by atoms with Crippen molar-refractivity contribution in [2.24, 2.45) is 0 Å². The second kappa shape index (κ2) is 14.0. The van der Waals surface area contributed by atoms with Gasteiger partial charge in [-0.05, 0) is 93.2 Å². The van der Waals surface area contributed by atoms with E-state index in [1.54, 1.807) is 0 Å². The van der Waals surface area contributed by atoms with Gasteiger partial charge in [0.15, 0.2) is 0 Å². The summed E-state index contributed by atoms with van der Waals surface area (Å²) in [5, 5.41) is 9.72. The predicted molar refractivity (Wildman–Crippen MR) is 285 cm³/mol. The Balaban J connectivity index is 0.998. The van der Waals surface area contributed by atoms with E-state index in [9.17, 15) is 0 Å². The van der Waals surface area contributed by atoms with Crippen molar-refractivity contribution < 1.29 is 4.74 Å². The van der Waals surface area contributed by atoms with Crippen LogP contribution >= 0.6 is 22.7 Å². The Kier molecular flexibility index (Phi) is 7.78. The molecule has 0 unspecified atom stereocenters. The van der Waals surface area contributed by atoms with Crippen LogP contribution in [0, 0.1) is 0 Å². The van der Waals surface area contributed by atoms with Crippen LogP contribution < -0.4 is 9.64 Å². The van der Waals surface area contributed by atoms with Crippen molar-refractivity contribution in [1.82, 2.24) is 0 Å². The molecule has 312 valence electrons. The Morgan fingerprint density at radius 3 is 1.61 bits per heavy atom. The van der Waals surface area contributed by atoms with Crippen molar-refractivity contribution in [3.05, 3.63) is 247 Å². The fourth-order valence-corrected chi connectivity index (χ4v) is 13.8. The molecule has 0 saturated heterocycles. The Morgan fingerprint density at radius 1 is 0.328 bits per heavy atom. The maximum absolute atomic E-state index is 7.28. The molecule has 2 aliphatic rings. The zero-order valence-electron chi connectivity index (χ0n) is 36.0. The van der Waals surface area contributed by atoms with Crippen LogP contribution in [-0.2, 0) is 5.41 Å². The first-order valence-corrected chi connectivity index (χ1v) is 24.5. The lowest BCUT2D eigenvalue weighted by Gasteiger charge is -2.40. The molecule has 0 saturated carbocycles. The van der Waals surface area contributed by atoms with E-state index < -0.39 is 5.41 Å². The van der Waals surface area contributed by atoms with Crippen LogP contribution in [0.5, 0.6) is 11.5 Å². The highest BCUT2D eigenvalue weighted by atomic mass is 32.1. The third-order valence-corrected chi connectivity index (χ3v) is 16.8. The average Bonchev–Trinajstić information content (AvgIpc) is 4.04. The van der Waals surface area contributed by atoms with Gasteiger partial charge in [0.05, 0.1) is 11.1 Å². The Bertz CT molecular complexity index is 4150. The van der Waals surface area contributed by atoms with E-state index in [1.807, 2.05) is 22.7 Å². The van der Waals surface area contributed by atoms with Crippen LogP contribution in [-0.4, -0.2) is 0 Å². The zero-order chi connectivity index (χ0) is 43.8. The summed E-state index contributed by atoms with van der Waals surface area (Å²) >= 11 is 3.72. The van der Waals surface area contributed by atoms with Crippen LogP contribution in [0.15, 0.2) is 224 Å². The number of hydrogen-bond acceptors (Lipinski definition) is 4. The molecule has 0 N–H and O–H groups in total. The maximum Gasteiger partial charge on any atom is 0.140 e. The van der Waals surface area contributed by atoms with Gasteiger partial charge in [-0.25, -0.2) is 0 Å². The van der Waals surface area contributed by atoms with Gasteiger partial charge in [0.25, 0.3) is 0 Å². The molecule has 3 heterocycles. The molecule has 0 amide bonds. The first kappa shape index (κ1) is 37.2. The van der Waals surface area contributed by atoms with Gasteiger partial charge in [0, 0.05) is 79.2 Å². The number of rotatable bonds is 4. The van der Waals surface area contributed by atoms with Crippen molar-refractivity contribution in [2.45, 2.75) is 5.41 Å². The van der Waals surface area contributed by atoms with Gasteiger partial charge >= 0.3 is 0 Å². The highest BCUT2D eigenvalue weighted by Gasteiger charge is 2.52. The molecule has 1 aliphatic carbocycles. The number of thiophene rings is 2. The Hall–Kier alpha value is -8.02. The minimum absolute atomic E-state index is 0.648. The molecule has 1 spiro atoms. The maximum atomic E-state index is 7.28. The minimum atomic E-state index is -0.648. The van der Waals surface area contributed by atoms with Crippen molar-refractivity contribution >= 4 is 102 Å². The quantitative estimate of drug-likeness (QED) is 0.175. The molecule has 67 heavy (non-hydrogen) atoms. The van der Waals surface area contributed by atoms with Gasteiger partial charge in [-0.15, -0.1) is 22.7 Å². The van der Waals surface area contributed by atoms with E-state index in [0.717, 1.165) is 61.2 Å². The first-order chi connectivity index (χ1) is 33.2. The van der Waals surface area contributed by atoms with Crippen molar-refractivity contribution in [2.75, 3.05) is 4.90 Å². The highest BCUT2D eigenvalue weighted by molar-refractivity contribution is 7.26. The van der Waals surface area contributed by atoms with E-state index in [-0.39, 0.29) is 0 Å². The molecule has 11 aromatic carbocycles. The summed E-state index contributed by atoms with van der Waals surface area (Å²) in [5.41, 5.74) is 12.4.